The first-order valence-corrected chi connectivity index (χ1v) is 18.6. The Hall–Kier alpha value is -2.75. The highest BCUT2D eigenvalue weighted by Gasteiger charge is 2.42. The molecule has 3 atom stereocenters. The van der Waals surface area contributed by atoms with Crippen molar-refractivity contribution in [1.82, 2.24) is 14.9 Å². The summed E-state index contributed by atoms with van der Waals surface area (Å²) in [5, 5.41) is 16.1. The number of aliphatic hydroxyl groups is 1. The number of sulfone groups is 1. The van der Waals surface area contributed by atoms with E-state index < -0.39 is 67.4 Å². The Balaban J connectivity index is 0.0000106. The minimum atomic E-state index is -4.40. The van der Waals surface area contributed by atoms with Gasteiger partial charge in [-0.3, -0.25) is 9.59 Å². The molecule has 0 spiro atoms. The molecule has 0 aliphatic carbocycles. The van der Waals surface area contributed by atoms with Gasteiger partial charge in [-0.1, -0.05) is 69.2 Å². The molecule has 2 rings (SSSR count). The average molecular weight is 705 g/mol. The molecule has 0 bridgehead atoms. The summed E-state index contributed by atoms with van der Waals surface area (Å²) in [6.45, 7) is 3.35. The van der Waals surface area contributed by atoms with E-state index in [9.17, 15) is 31.5 Å². The highest BCUT2D eigenvalue weighted by Crippen LogP contribution is 2.21. The SMILES string of the molecule is CCCC(CCC)S(=O)(=O)CC(NC(=O)CN)C(=O)N([C@@H](Cc1ccccc1)[C@H](O)CNCc1cccc(OC)c1)S(C)(=O)=O.Cl. The van der Waals surface area contributed by atoms with Crippen LogP contribution in [-0.2, 0) is 42.4 Å². The van der Waals surface area contributed by atoms with Gasteiger partial charge in [-0.25, -0.2) is 21.1 Å². The Morgan fingerprint density at radius 3 is 2.13 bits per heavy atom. The Morgan fingerprint density at radius 2 is 1.59 bits per heavy atom. The van der Waals surface area contributed by atoms with Crippen LogP contribution in [0.1, 0.15) is 50.7 Å². The second-order valence-corrected chi connectivity index (χ2v) is 15.2. The number of hydrogen-bond acceptors (Lipinski definition) is 10. The van der Waals surface area contributed by atoms with E-state index in [0.717, 1.165) is 11.8 Å². The van der Waals surface area contributed by atoms with Gasteiger partial charge in [0.05, 0.1) is 43.1 Å². The summed E-state index contributed by atoms with van der Waals surface area (Å²) in [6.07, 6.45) is 1.21. The number of methoxy groups -OCH3 is 1. The lowest BCUT2D eigenvalue weighted by Gasteiger charge is -2.36. The van der Waals surface area contributed by atoms with Crippen molar-refractivity contribution in [1.29, 1.82) is 0 Å². The van der Waals surface area contributed by atoms with E-state index in [1.807, 2.05) is 32.0 Å². The summed E-state index contributed by atoms with van der Waals surface area (Å²) in [4.78, 5) is 26.5. The number of nitrogens with two attached hydrogens (primary N) is 1. The van der Waals surface area contributed by atoms with Gasteiger partial charge >= 0.3 is 0 Å². The van der Waals surface area contributed by atoms with Crippen LogP contribution in [0.25, 0.3) is 0 Å². The molecule has 15 heteroatoms. The molecule has 0 aliphatic rings. The number of carbonyl (C=O) groups excluding carboxylic acids is 2. The quantitative estimate of drug-likeness (QED) is 0.158. The number of nitrogens with zero attached hydrogens (tertiary/aromatic N) is 1. The molecule has 2 amide bonds. The molecule has 260 valence electrons. The van der Waals surface area contributed by atoms with Crippen molar-refractivity contribution in [2.24, 2.45) is 5.73 Å². The van der Waals surface area contributed by atoms with Crippen LogP contribution >= 0.6 is 12.4 Å². The van der Waals surface area contributed by atoms with Crippen LogP contribution < -0.4 is 21.1 Å². The number of sulfonamides is 1. The molecule has 5 N–H and O–H groups in total. The van der Waals surface area contributed by atoms with Crippen LogP contribution in [0.4, 0.5) is 0 Å². The molecule has 0 fully saturated rings. The summed E-state index contributed by atoms with van der Waals surface area (Å²) in [5.41, 5.74) is 6.96. The predicted molar refractivity (Wildman–Crippen MR) is 182 cm³/mol. The van der Waals surface area contributed by atoms with Crippen molar-refractivity contribution >= 4 is 44.1 Å². The smallest absolute Gasteiger partial charge is 0.260 e. The lowest BCUT2D eigenvalue weighted by molar-refractivity contribution is -0.134. The molecule has 1 unspecified atom stereocenters. The van der Waals surface area contributed by atoms with Crippen molar-refractivity contribution in [2.45, 2.75) is 75.9 Å². The molecule has 0 heterocycles. The molecule has 0 radical (unpaired) electrons. The second-order valence-electron chi connectivity index (χ2n) is 11.1. The van der Waals surface area contributed by atoms with Crippen molar-refractivity contribution < 1.29 is 36.3 Å². The number of rotatable bonds is 20. The number of halogens is 1. The molecular weight excluding hydrogens is 656 g/mol. The molecule has 0 saturated carbocycles. The zero-order chi connectivity index (χ0) is 33.6. The Kier molecular flexibility index (Phi) is 17.8. The molecule has 2 aromatic carbocycles. The number of ether oxygens (including phenoxy) is 1. The first-order chi connectivity index (χ1) is 21.3. The van der Waals surface area contributed by atoms with Gasteiger partial charge in [0.1, 0.15) is 11.8 Å². The van der Waals surface area contributed by atoms with Gasteiger partial charge in [0.25, 0.3) is 5.91 Å². The molecular formula is C31H49ClN4O8S2. The number of hydrogen-bond donors (Lipinski definition) is 4. The van der Waals surface area contributed by atoms with Gasteiger partial charge in [-0.15, -0.1) is 12.4 Å². The van der Waals surface area contributed by atoms with E-state index in [-0.39, 0.29) is 25.4 Å². The Bertz CT molecular complexity index is 1440. The summed E-state index contributed by atoms with van der Waals surface area (Å²) >= 11 is 0. The monoisotopic (exact) mass is 704 g/mol. The Labute approximate surface area is 279 Å². The topological polar surface area (TPSA) is 185 Å². The molecule has 2 aromatic rings. The predicted octanol–water partition coefficient (Wildman–Crippen LogP) is 1.79. The van der Waals surface area contributed by atoms with Crippen molar-refractivity contribution in [3.8, 4) is 5.75 Å². The molecule has 46 heavy (non-hydrogen) atoms. The third-order valence-corrected chi connectivity index (χ3v) is 10.8. The van der Waals surface area contributed by atoms with Gasteiger partial charge in [-0.05, 0) is 42.5 Å². The molecule has 0 saturated heterocycles. The molecule has 0 aliphatic heterocycles. The van der Waals surface area contributed by atoms with Crippen LogP contribution in [-0.4, -0.2) is 93.7 Å². The van der Waals surface area contributed by atoms with Crippen molar-refractivity contribution in [3.63, 3.8) is 0 Å². The van der Waals surface area contributed by atoms with Crippen molar-refractivity contribution in [3.05, 3.63) is 65.7 Å². The minimum Gasteiger partial charge on any atom is -0.497 e. The van der Waals surface area contributed by atoms with Gasteiger partial charge < -0.3 is 26.2 Å². The Morgan fingerprint density at radius 1 is 0.978 bits per heavy atom. The fraction of sp³-hybridized carbons (Fsp3) is 0.548. The van der Waals surface area contributed by atoms with Crippen LogP contribution in [0.3, 0.4) is 0 Å². The van der Waals surface area contributed by atoms with E-state index in [2.05, 4.69) is 10.6 Å². The van der Waals surface area contributed by atoms with E-state index >= 15 is 0 Å². The van der Waals surface area contributed by atoms with Crippen molar-refractivity contribution in [2.75, 3.05) is 32.2 Å². The lowest BCUT2D eigenvalue weighted by atomic mass is 10.0. The van der Waals surface area contributed by atoms with Crippen LogP contribution in [0.15, 0.2) is 54.6 Å². The normalized spacial score (nSPS) is 13.7. The highest BCUT2D eigenvalue weighted by atomic mass is 35.5. The highest BCUT2D eigenvalue weighted by molar-refractivity contribution is 7.92. The number of nitrogens with one attached hydrogen (secondary N) is 2. The van der Waals surface area contributed by atoms with Gasteiger partial charge in [0.2, 0.25) is 15.9 Å². The van der Waals surface area contributed by atoms with E-state index in [1.165, 1.54) is 0 Å². The second kappa shape index (κ2) is 19.8. The lowest BCUT2D eigenvalue weighted by Crippen LogP contribution is -2.60. The fourth-order valence-electron chi connectivity index (χ4n) is 5.18. The number of benzene rings is 2. The summed E-state index contributed by atoms with van der Waals surface area (Å²) < 4.78 is 59.4. The number of amides is 2. The third-order valence-electron chi connectivity index (χ3n) is 7.37. The minimum absolute atomic E-state index is 0. The van der Waals surface area contributed by atoms with Crippen LogP contribution in [0, 0.1) is 0 Å². The first-order valence-electron chi connectivity index (χ1n) is 15.1. The standard InChI is InChI=1S/C31H48N4O8S2.ClH/c1-5-11-26(12-6-2)45(41,42)22-27(34-30(37)19-32)31(38)35(44(4,39)40)28(18-23-13-8-7-9-14-23)29(36)21-33-20-24-15-10-16-25(17-24)43-3;/h7-10,13-17,26-29,33,36H,5-6,11-12,18-22,32H2,1-4H3,(H,34,37);1H/t27?,28-,29+;/m0./s1. The van der Waals surface area contributed by atoms with Crippen LogP contribution in [0.5, 0.6) is 5.75 Å². The molecule has 0 aromatic heterocycles. The zero-order valence-electron chi connectivity index (χ0n) is 26.9. The maximum absolute atomic E-state index is 14.1. The summed E-state index contributed by atoms with van der Waals surface area (Å²) in [6, 6.07) is 12.9. The fourth-order valence-corrected chi connectivity index (χ4v) is 8.50. The van der Waals surface area contributed by atoms with E-state index in [1.54, 1.807) is 43.5 Å². The summed E-state index contributed by atoms with van der Waals surface area (Å²) in [5.74, 6) is -2.15. The summed E-state index contributed by atoms with van der Waals surface area (Å²) in [7, 11) is -6.81. The average Bonchev–Trinajstić information content (AvgIpc) is 2.99. The van der Waals surface area contributed by atoms with Gasteiger partial charge in [0.15, 0.2) is 9.84 Å². The molecule has 12 nitrogen and oxygen atoms in total. The van der Waals surface area contributed by atoms with E-state index in [4.69, 9.17) is 10.5 Å². The number of carbonyl (C=O) groups is 2. The zero-order valence-corrected chi connectivity index (χ0v) is 29.4. The first kappa shape index (κ1) is 41.3. The third kappa shape index (κ3) is 12.8. The maximum atomic E-state index is 14.1. The van der Waals surface area contributed by atoms with E-state index in [0.29, 0.717) is 47.8 Å². The van der Waals surface area contributed by atoms with Gasteiger partial charge in [-0.2, -0.15) is 0 Å². The van der Waals surface area contributed by atoms with Crippen LogP contribution in [0.2, 0.25) is 0 Å². The largest absolute Gasteiger partial charge is 0.497 e. The number of aliphatic hydroxyl groups excluding tert-OH is 1. The maximum Gasteiger partial charge on any atom is 0.260 e. The van der Waals surface area contributed by atoms with Gasteiger partial charge in [0, 0.05) is 13.1 Å².